The molecular weight excluding hydrogens is 365 g/mol. The van der Waals surface area contributed by atoms with E-state index in [9.17, 15) is 9.18 Å². The van der Waals surface area contributed by atoms with E-state index >= 15 is 0 Å². The highest BCUT2D eigenvalue weighted by atomic mass is 32.1. The molecule has 27 heavy (non-hydrogen) atoms. The predicted molar refractivity (Wildman–Crippen MR) is 105 cm³/mol. The van der Waals surface area contributed by atoms with Gasteiger partial charge in [0, 0.05) is 29.9 Å². The molecule has 0 aliphatic heterocycles. The van der Waals surface area contributed by atoms with Gasteiger partial charge in [-0.15, -0.1) is 11.3 Å². The van der Waals surface area contributed by atoms with E-state index < -0.39 is 0 Å². The van der Waals surface area contributed by atoms with E-state index in [4.69, 9.17) is 0 Å². The van der Waals surface area contributed by atoms with Crippen molar-refractivity contribution in [2.24, 2.45) is 0 Å². The zero-order chi connectivity index (χ0) is 19.2. The zero-order valence-corrected chi connectivity index (χ0v) is 15.8. The van der Waals surface area contributed by atoms with Crippen LogP contribution < -0.4 is 10.6 Å². The lowest BCUT2D eigenvalue weighted by Crippen LogP contribution is -2.36. The molecule has 140 valence electrons. The van der Waals surface area contributed by atoms with Gasteiger partial charge < -0.3 is 10.2 Å². The van der Waals surface area contributed by atoms with Gasteiger partial charge in [0.05, 0.1) is 11.7 Å². The maximum Gasteiger partial charge on any atom is 0.321 e. The molecule has 2 amide bonds. The second-order valence-corrected chi connectivity index (χ2v) is 7.00. The molecule has 3 aromatic rings. The minimum absolute atomic E-state index is 0.0707. The summed E-state index contributed by atoms with van der Waals surface area (Å²) in [5.41, 5.74) is 2.59. The maximum absolute atomic E-state index is 13.1. The van der Waals surface area contributed by atoms with Crippen LogP contribution in [0.25, 0.3) is 11.3 Å². The normalized spacial score (nSPS) is 12.0. The molecule has 0 spiro atoms. The van der Waals surface area contributed by atoms with E-state index in [0.29, 0.717) is 11.7 Å². The molecule has 0 fully saturated rings. The number of nitrogens with one attached hydrogen (secondary N) is 2. The number of hydrogen-bond acceptors (Lipinski definition) is 5. The van der Waals surface area contributed by atoms with Gasteiger partial charge >= 0.3 is 6.03 Å². The summed E-state index contributed by atoms with van der Waals surface area (Å²) in [6.45, 7) is 0.380. The van der Waals surface area contributed by atoms with Crippen molar-refractivity contribution in [1.29, 1.82) is 0 Å². The van der Waals surface area contributed by atoms with Crippen LogP contribution in [0.3, 0.4) is 0 Å². The van der Waals surface area contributed by atoms with Crippen LogP contribution in [0.1, 0.15) is 11.6 Å². The molecule has 0 saturated heterocycles. The average molecular weight is 385 g/mol. The summed E-state index contributed by atoms with van der Waals surface area (Å²) in [4.78, 5) is 22.7. The number of amides is 2. The largest absolute Gasteiger partial charge is 0.336 e. The Kier molecular flexibility index (Phi) is 6.10. The van der Waals surface area contributed by atoms with Crippen molar-refractivity contribution in [2.75, 3.05) is 26.0 Å². The first kappa shape index (κ1) is 18.9. The molecule has 1 unspecified atom stereocenters. The highest BCUT2D eigenvalue weighted by Gasteiger charge is 2.16. The van der Waals surface area contributed by atoms with E-state index in [-0.39, 0.29) is 17.9 Å². The van der Waals surface area contributed by atoms with Crippen molar-refractivity contribution in [2.45, 2.75) is 6.04 Å². The Morgan fingerprint density at radius 2 is 2.04 bits per heavy atom. The molecule has 0 bridgehead atoms. The molecule has 1 aromatic carbocycles. The van der Waals surface area contributed by atoms with Gasteiger partial charge in [0.15, 0.2) is 5.13 Å². The van der Waals surface area contributed by atoms with E-state index in [1.54, 1.807) is 24.5 Å². The van der Waals surface area contributed by atoms with Crippen LogP contribution in [0.5, 0.6) is 0 Å². The third-order valence-electron chi connectivity index (χ3n) is 4.02. The number of hydrogen-bond donors (Lipinski definition) is 2. The van der Waals surface area contributed by atoms with Crippen LogP contribution in [-0.2, 0) is 0 Å². The summed E-state index contributed by atoms with van der Waals surface area (Å²) < 4.78 is 13.1. The van der Waals surface area contributed by atoms with Crippen LogP contribution in [0, 0.1) is 5.82 Å². The Labute approximate surface area is 161 Å². The minimum Gasteiger partial charge on any atom is -0.336 e. The number of carbonyl (C=O) groups excluding carboxylic acids is 1. The van der Waals surface area contributed by atoms with Crippen LogP contribution >= 0.6 is 11.3 Å². The van der Waals surface area contributed by atoms with Crippen molar-refractivity contribution < 1.29 is 9.18 Å². The zero-order valence-electron chi connectivity index (χ0n) is 15.0. The van der Waals surface area contributed by atoms with Crippen molar-refractivity contribution in [3.8, 4) is 11.3 Å². The number of benzene rings is 1. The summed E-state index contributed by atoms with van der Waals surface area (Å²) in [7, 11) is 3.82. The highest BCUT2D eigenvalue weighted by Crippen LogP contribution is 2.24. The van der Waals surface area contributed by atoms with E-state index in [1.165, 1.54) is 23.5 Å². The summed E-state index contributed by atoms with van der Waals surface area (Å²) in [6.07, 6.45) is 3.42. The molecule has 2 N–H and O–H groups in total. The second kappa shape index (κ2) is 8.70. The van der Waals surface area contributed by atoms with Crippen LogP contribution in [0.2, 0.25) is 0 Å². The van der Waals surface area contributed by atoms with Crippen molar-refractivity contribution in [3.63, 3.8) is 0 Å². The molecule has 2 heterocycles. The van der Waals surface area contributed by atoms with Gasteiger partial charge in [-0.1, -0.05) is 12.1 Å². The second-order valence-electron chi connectivity index (χ2n) is 6.15. The molecule has 0 saturated carbocycles. The first-order valence-corrected chi connectivity index (χ1v) is 9.23. The fourth-order valence-corrected chi connectivity index (χ4v) is 3.31. The van der Waals surface area contributed by atoms with E-state index in [2.05, 4.69) is 20.6 Å². The van der Waals surface area contributed by atoms with Crippen molar-refractivity contribution in [3.05, 3.63) is 65.6 Å². The molecule has 6 nitrogen and oxygen atoms in total. The van der Waals surface area contributed by atoms with Gasteiger partial charge in [-0.2, -0.15) is 0 Å². The Balaban J connectivity index is 1.58. The number of anilines is 1. The quantitative estimate of drug-likeness (QED) is 0.678. The number of nitrogens with zero attached hydrogens (tertiary/aromatic N) is 3. The molecule has 3 rings (SSSR count). The Hall–Kier alpha value is -2.84. The third kappa shape index (κ3) is 5.08. The number of pyridine rings is 1. The number of urea groups is 1. The van der Waals surface area contributed by atoms with Gasteiger partial charge in [-0.3, -0.25) is 10.3 Å². The van der Waals surface area contributed by atoms with Gasteiger partial charge in [0.25, 0.3) is 0 Å². The van der Waals surface area contributed by atoms with E-state index in [1.807, 2.05) is 36.5 Å². The predicted octanol–water partition coefficient (Wildman–Crippen LogP) is 3.77. The number of rotatable bonds is 6. The summed E-state index contributed by atoms with van der Waals surface area (Å²) in [6, 6.07) is 9.63. The molecular formula is C19H20FN5OS. The number of likely N-dealkylation sites (N-methyl/N-ethyl adjacent to an activating group) is 1. The lowest BCUT2D eigenvalue weighted by atomic mass is 10.1. The summed E-state index contributed by atoms with van der Waals surface area (Å²) >= 11 is 1.35. The molecule has 0 aliphatic carbocycles. The first-order valence-electron chi connectivity index (χ1n) is 8.35. The number of carbonyl (C=O) groups is 1. The summed E-state index contributed by atoms with van der Waals surface area (Å²) in [5.74, 6) is -0.282. The Bertz CT molecular complexity index is 883. The number of halogens is 1. The molecule has 0 radical (unpaired) electrons. The minimum atomic E-state index is -0.337. The highest BCUT2D eigenvalue weighted by molar-refractivity contribution is 7.14. The van der Waals surface area contributed by atoms with E-state index in [0.717, 1.165) is 16.8 Å². The molecule has 8 heteroatoms. The summed E-state index contributed by atoms with van der Waals surface area (Å²) in [5, 5.41) is 7.97. The van der Waals surface area contributed by atoms with Crippen molar-refractivity contribution in [1.82, 2.24) is 20.2 Å². The third-order valence-corrected chi connectivity index (χ3v) is 4.77. The molecule has 2 aromatic heterocycles. The lowest BCUT2D eigenvalue weighted by Gasteiger charge is -2.25. The monoisotopic (exact) mass is 385 g/mol. The maximum atomic E-state index is 13.1. The first-order chi connectivity index (χ1) is 13.0. The van der Waals surface area contributed by atoms with Gasteiger partial charge in [-0.05, 0) is 43.9 Å². The van der Waals surface area contributed by atoms with Crippen LogP contribution in [-0.4, -0.2) is 41.5 Å². The average Bonchev–Trinajstić information content (AvgIpc) is 3.12. The molecule has 1 atom stereocenters. The topological polar surface area (TPSA) is 70.2 Å². The molecule has 0 aliphatic rings. The SMILES string of the molecule is CN(C)C(CNC(=O)Nc1nc(-c2cccnc2)cs1)c1ccc(F)cc1. The smallest absolute Gasteiger partial charge is 0.321 e. The van der Waals surface area contributed by atoms with Crippen LogP contribution in [0.4, 0.5) is 14.3 Å². The standard InChI is InChI=1S/C19H20FN5OS/c1-25(2)17(13-5-7-15(20)8-6-13)11-22-18(26)24-19-23-16(12-27-19)14-4-3-9-21-10-14/h3-10,12,17H,11H2,1-2H3,(H2,22,23,24,26). The lowest BCUT2D eigenvalue weighted by molar-refractivity contribution is 0.243. The number of thiazole rings is 1. The fourth-order valence-electron chi connectivity index (χ4n) is 2.59. The Morgan fingerprint density at radius 1 is 1.26 bits per heavy atom. The van der Waals surface area contributed by atoms with Gasteiger partial charge in [0.2, 0.25) is 0 Å². The van der Waals surface area contributed by atoms with Crippen LogP contribution in [0.15, 0.2) is 54.2 Å². The van der Waals surface area contributed by atoms with Gasteiger partial charge in [-0.25, -0.2) is 14.2 Å². The van der Waals surface area contributed by atoms with Gasteiger partial charge in [0.1, 0.15) is 5.82 Å². The fraction of sp³-hybridized carbons (Fsp3) is 0.211. The number of aromatic nitrogens is 2. The van der Waals surface area contributed by atoms with Crippen molar-refractivity contribution >= 4 is 22.5 Å². The Morgan fingerprint density at radius 3 is 2.70 bits per heavy atom.